The van der Waals surface area contributed by atoms with Gasteiger partial charge in [0.15, 0.2) is 0 Å². The Hall–Kier alpha value is -1.93. The zero-order valence-electron chi connectivity index (χ0n) is 20.9. The maximum absolute atomic E-state index is 13.4. The van der Waals surface area contributed by atoms with Crippen LogP contribution >= 0.6 is 0 Å². The molecule has 2 aromatic carbocycles. The van der Waals surface area contributed by atoms with Gasteiger partial charge in [0.2, 0.25) is 10.0 Å². The van der Waals surface area contributed by atoms with Crippen LogP contribution < -0.4 is 4.74 Å². The van der Waals surface area contributed by atoms with Crippen LogP contribution in [0.3, 0.4) is 0 Å². The van der Waals surface area contributed by atoms with Gasteiger partial charge < -0.3 is 14.5 Å². The first-order chi connectivity index (χ1) is 15.8. The molecule has 0 spiro atoms. The molecule has 0 aliphatic rings. The Morgan fingerprint density at radius 1 is 0.879 bits per heavy atom. The molecule has 0 amide bonds. The average molecular weight is 476 g/mol. The Morgan fingerprint density at radius 3 is 2.09 bits per heavy atom. The molecule has 0 saturated heterocycles. The molecule has 0 aliphatic carbocycles. The van der Waals surface area contributed by atoms with Crippen molar-refractivity contribution in [1.29, 1.82) is 0 Å². The summed E-state index contributed by atoms with van der Waals surface area (Å²) >= 11 is 0. The number of rotatable bonds is 15. The van der Waals surface area contributed by atoms with Crippen LogP contribution in [0.4, 0.5) is 0 Å². The molecule has 0 heterocycles. The third kappa shape index (κ3) is 9.08. The number of benzene rings is 2. The lowest BCUT2D eigenvalue weighted by Gasteiger charge is -2.30. The summed E-state index contributed by atoms with van der Waals surface area (Å²) < 4.78 is 34.2. The molecular weight excluding hydrogens is 434 g/mol. The molecule has 2 aromatic rings. The minimum atomic E-state index is -3.49. The summed E-state index contributed by atoms with van der Waals surface area (Å²) in [6.07, 6.45) is 0.982. The van der Waals surface area contributed by atoms with Crippen LogP contribution in [0.25, 0.3) is 0 Å². The second kappa shape index (κ2) is 13.7. The first kappa shape index (κ1) is 27.3. The third-order valence-electron chi connectivity index (χ3n) is 5.89. The summed E-state index contributed by atoms with van der Waals surface area (Å²) in [5.74, 6) is 0.816. The van der Waals surface area contributed by atoms with Gasteiger partial charge in [-0.2, -0.15) is 4.31 Å². The lowest BCUT2D eigenvalue weighted by atomic mass is 10.1. The topological polar surface area (TPSA) is 53.1 Å². The van der Waals surface area contributed by atoms with Crippen molar-refractivity contribution in [1.82, 2.24) is 14.1 Å². The van der Waals surface area contributed by atoms with E-state index >= 15 is 0 Å². The van der Waals surface area contributed by atoms with Gasteiger partial charge in [0.25, 0.3) is 0 Å². The molecular formula is C26H41N3O3S. The van der Waals surface area contributed by atoms with Crippen molar-refractivity contribution in [3.8, 4) is 5.75 Å². The fourth-order valence-electron chi connectivity index (χ4n) is 3.77. The molecule has 1 atom stereocenters. The van der Waals surface area contributed by atoms with Crippen LogP contribution in [-0.4, -0.2) is 75.9 Å². The molecule has 1 unspecified atom stereocenters. The molecule has 0 N–H and O–H groups in total. The molecule has 7 heteroatoms. The summed E-state index contributed by atoms with van der Waals surface area (Å²) in [7, 11) is 0.426. The quantitative estimate of drug-likeness (QED) is 0.361. The zero-order valence-corrected chi connectivity index (χ0v) is 21.7. The van der Waals surface area contributed by atoms with Crippen molar-refractivity contribution in [3.05, 3.63) is 65.7 Å². The largest absolute Gasteiger partial charge is 0.494 e. The molecule has 0 bridgehead atoms. The molecule has 33 heavy (non-hydrogen) atoms. The van der Waals surface area contributed by atoms with E-state index in [1.165, 1.54) is 0 Å². The van der Waals surface area contributed by atoms with Crippen molar-refractivity contribution >= 4 is 10.0 Å². The predicted octanol–water partition coefficient (Wildman–Crippen LogP) is 4.25. The normalized spacial score (nSPS) is 13.1. The molecule has 0 aliphatic heterocycles. The third-order valence-corrected chi connectivity index (χ3v) is 7.80. The van der Waals surface area contributed by atoms with E-state index in [1.54, 1.807) is 4.31 Å². The number of sulfonamides is 1. The Bertz CT molecular complexity index is 898. The van der Waals surface area contributed by atoms with Crippen molar-refractivity contribution in [2.75, 3.05) is 53.4 Å². The minimum absolute atomic E-state index is 0.000654. The van der Waals surface area contributed by atoms with Gasteiger partial charge in [-0.15, -0.1) is 0 Å². The van der Waals surface area contributed by atoms with E-state index in [-0.39, 0.29) is 11.8 Å². The Kier molecular flexibility index (Phi) is 11.3. The summed E-state index contributed by atoms with van der Waals surface area (Å²) in [4.78, 5) is 4.39. The predicted molar refractivity (Wildman–Crippen MR) is 137 cm³/mol. The summed E-state index contributed by atoms with van der Waals surface area (Å²) in [5, 5.41) is 0. The fraction of sp³-hybridized carbons (Fsp3) is 0.538. The monoisotopic (exact) mass is 475 g/mol. The lowest BCUT2D eigenvalue weighted by molar-refractivity contribution is 0.249. The van der Waals surface area contributed by atoms with Gasteiger partial charge in [-0.05, 0) is 63.8 Å². The Morgan fingerprint density at radius 2 is 1.52 bits per heavy atom. The van der Waals surface area contributed by atoms with Gasteiger partial charge in [0, 0.05) is 25.7 Å². The van der Waals surface area contributed by atoms with E-state index in [0.29, 0.717) is 19.7 Å². The number of hydrogen-bond donors (Lipinski definition) is 0. The molecule has 0 saturated carbocycles. The van der Waals surface area contributed by atoms with Gasteiger partial charge in [-0.1, -0.05) is 56.3 Å². The summed E-state index contributed by atoms with van der Waals surface area (Å²) in [5.41, 5.74) is 1.76. The Labute approximate surface area is 201 Å². The van der Waals surface area contributed by atoms with Gasteiger partial charge in [0.1, 0.15) is 5.75 Å². The van der Waals surface area contributed by atoms with E-state index in [2.05, 4.69) is 18.7 Å². The van der Waals surface area contributed by atoms with Crippen LogP contribution in [-0.2, 0) is 15.8 Å². The maximum Gasteiger partial charge on any atom is 0.218 e. The summed E-state index contributed by atoms with van der Waals surface area (Å²) in [6, 6.07) is 16.9. The lowest BCUT2D eigenvalue weighted by Crippen LogP contribution is -2.39. The van der Waals surface area contributed by atoms with Crippen LogP contribution in [0.15, 0.2) is 54.6 Å². The highest BCUT2D eigenvalue weighted by Gasteiger charge is 2.28. The van der Waals surface area contributed by atoms with Crippen LogP contribution in [0, 0.1) is 0 Å². The zero-order chi connectivity index (χ0) is 24.3. The SMILES string of the molecule is CCN(CC)CCCOc1ccc(C(C)N(CCN(C)C)S(=O)(=O)Cc2ccccc2)cc1. The number of ether oxygens (including phenoxy) is 1. The van der Waals surface area contributed by atoms with Gasteiger partial charge in [0.05, 0.1) is 12.4 Å². The highest BCUT2D eigenvalue weighted by Crippen LogP contribution is 2.27. The smallest absolute Gasteiger partial charge is 0.218 e. The highest BCUT2D eigenvalue weighted by molar-refractivity contribution is 7.88. The van der Waals surface area contributed by atoms with Crippen LogP contribution in [0.5, 0.6) is 5.75 Å². The number of nitrogens with zero attached hydrogens (tertiary/aromatic N) is 3. The molecule has 0 fully saturated rings. The molecule has 0 aromatic heterocycles. The van der Waals surface area contributed by atoms with Gasteiger partial charge in [-0.3, -0.25) is 0 Å². The molecule has 0 radical (unpaired) electrons. The van der Waals surface area contributed by atoms with E-state index in [9.17, 15) is 8.42 Å². The number of likely N-dealkylation sites (N-methyl/N-ethyl adjacent to an activating group) is 1. The van der Waals surface area contributed by atoms with E-state index in [1.807, 2.05) is 80.5 Å². The second-order valence-corrected chi connectivity index (χ2v) is 10.6. The minimum Gasteiger partial charge on any atom is -0.494 e. The van der Waals surface area contributed by atoms with Crippen LogP contribution in [0.2, 0.25) is 0 Å². The van der Waals surface area contributed by atoms with Crippen molar-refractivity contribution in [2.45, 2.75) is 39.0 Å². The van der Waals surface area contributed by atoms with Gasteiger partial charge in [-0.25, -0.2) is 8.42 Å². The first-order valence-electron chi connectivity index (χ1n) is 11.9. The van der Waals surface area contributed by atoms with Crippen molar-refractivity contribution < 1.29 is 13.2 Å². The summed E-state index contributed by atoms with van der Waals surface area (Å²) in [6.45, 7) is 11.2. The van der Waals surface area contributed by atoms with Crippen LogP contribution in [0.1, 0.15) is 44.4 Å². The molecule has 6 nitrogen and oxygen atoms in total. The molecule has 2 rings (SSSR count). The van der Waals surface area contributed by atoms with E-state index in [0.717, 1.165) is 42.9 Å². The van der Waals surface area contributed by atoms with Gasteiger partial charge >= 0.3 is 0 Å². The fourth-order valence-corrected chi connectivity index (χ4v) is 5.51. The highest BCUT2D eigenvalue weighted by atomic mass is 32.2. The molecule has 184 valence electrons. The second-order valence-electron chi connectivity index (χ2n) is 8.63. The maximum atomic E-state index is 13.4. The Balaban J connectivity index is 2.06. The average Bonchev–Trinajstić information content (AvgIpc) is 2.79. The van der Waals surface area contributed by atoms with E-state index < -0.39 is 10.0 Å². The number of hydrogen-bond acceptors (Lipinski definition) is 5. The first-order valence-corrected chi connectivity index (χ1v) is 13.5. The van der Waals surface area contributed by atoms with Crippen molar-refractivity contribution in [3.63, 3.8) is 0 Å². The van der Waals surface area contributed by atoms with Crippen molar-refractivity contribution in [2.24, 2.45) is 0 Å². The van der Waals surface area contributed by atoms with E-state index in [4.69, 9.17) is 4.74 Å². The standard InChI is InChI=1S/C26H41N3O3S/c1-6-28(7-2)18-11-21-32-26-16-14-25(15-17-26)23(3)29(20-19-27(4)5)33(30,31)22-24-12-9-8-10-13-24/h8-10,12-17,23H,6-7,11,18-22H2,1-5H3.